The third-order valence-electron chi connectivity index (χ3n) is 4.20. The molecule has 3 heterocycles. The maximum absolute atomic E-state index is 11.5. The zero-order chi connectivity index (χ0) is 16.5. The lowest BCUT2D eigenvalue weighted by atomic mass is 10.1. The Balaban J connectivity index is 1.91. The molecule has 2 aromatic heterocycles. The Kier molecular flexibility index (Phi) is 3.66. The van der Waals surface area contributed by atoms with Crippen molar-refractivity contribution in [2.24, 2.45) is 0 Å². The lowest BCUT2D eigenvalue weighted by Crippen LogP contribution is -2.19. The van der Waals surface area contributed by atoms with E-state index in [4.69, 9.17) is 4.74 Å². The molecule has 1 aromatic carbocycles. The summed E-state index contributed by atoms with van der Waals surface area (Å²) in [5, 5.41) is 16.3. The van der Waals surface area contributed by atoms with Gasteiger partial charge in [-0.25, -0.2) is 14.6 Å². The number of rotatable bonds is 3. The van der Waals surface area contributed by atoms with E-state index in [2.05, 4.69) is 15.1 Å². The van der Waals surface area contributed by atoms with Gasteiger partial charge in [-0.2, -0.15) is 5.10 Å². The molecule has 4 rings (SSSR count). The van der Waals surface area contributed by atoms with Crippen molar-refractivity contribution < 1.29 is 9.66 Å². The summed E-state index contributed by atoms with van der Waals surface area (Å²) in [5.74, 6) is 0. The molecule has 1 unspecified atom stereocenters. The van der Waals surface area contributed by atoms with Gasteiger partial charge in [-0.1, -0.05) is 0 Å². The lowest BCUT2D eigenvalue weighted by molar-refractivity contribution is -0.383. The van der Waals surface area contributed by atoms with Gasteiger partial charge >= 0.3 is 0 Å². The molecule has 1 aliphatic heterocycles. The molecule has 24 heavy (non-hydrogen) atoms. The van der Waals surface area contributed by atoms with Gasteiger partial charge in [0.15, 0.2) is 6.23 Å². The minimum absolute atomic E-state index is 0.0168. The van der Waals surface area contributed by atoms with E-state index in [1.54, 1.807) is 16.9 Å². The maximum atomic E-state index is 11.5. The average molecular weight is 325 g/mol. The summed E-state index contributed by atoms with van der Waals surface area (Å²) in [7, 11) is 0. The topological polar surface area (TPSA) is 96.0 Å². The van der Waals surface area contributed by atoms with Gasteiger partial charge in [-0.05, 0) is 31.4 Å². The molecule has 8 nitrogen and oxygen atoms in total. The predicted molar refractivity (Wildman–Crippen MR) is 86.3 cm³/mol. The number of fused-ring (bicyclic) bond motifs is 1. The van der Waals surface area contributed by atoms with Crippen molar-refractivity contribution in [3.05, 3.63) is 47.0 Å². The Morgan fingerprint density at radius 2 is 2.25 bits per heavy atom. The number of non-ortho nitro benzene ring substituents is 1. The average Bonchev–Trinajstić information content (AvgIpc) is 3.06. The summed E-state index contributed by atoms with van der Waals surface area (Å²) in [4.78, 5) is 19.2. The number of hydrogen-bond acceptors (Lipinski definition) is 6. The molecule has 3 aromatic rings. The number of nitro groups is 1. The van der Waals surface area contributed by atoms with Crippen LogP contribution in [0.3, 0.4) is 0 Å². The number of hydrogen-bond donors (Lipinski definition) is 0. The van der Waals surface area contributed by atoms with E-state index in [-0.39, 0.29) is 16.8 Å². The van der Waals surface area contributed by atoms with Crippen LogP contribution in [0.4, 0.5) is 5.69 Å². The molecule has 0 bridgehead atoms. The van der Waals surface area contributed by atoms with E-state index in [0.717, 1.165) is 19.3 Å². The Labute approximate surface area is 137 Å². The monoisotopic (exact) mass is 325 g/mol. The normalized spacial score (nSPS) is 17.9. The Hall–Kier alpha value is -2.87. The first kappa shape index (κ1) is 14.7. The summed E-state index contributed by atoms with van der Waals surface area (Å²) in [5.41, 5.74) is 1.99. The van der Waals surface area contributed by atoms with Crippen molar-refractivity contribution in [3.8, 4) is 11.3 Å². The quantitative estimate of drug-likeness (QED) is 0.542. The first-order valence-corrected chi connectivity index (χ1v) is 7.77. The molecular formula is C16H15N5O3. The largest absolute Gasteiger partial charge is 0.356 e. The smallest absolute Gasteiger partial charge is 0.281 e. The van der Waals surface area contributed by atoms with Gasteiger partial charge in [-0.15, -0.1) is 0 Å². The van der Waals surface area contributed by atoms with Crippen LogP contribution < -0.4 is 0 Å². The van der Waals surface area contributed by atoms with Crippen LogP contribution in [0.15, 0.2) is 36.9 Å². The highest BCUT2D eigenvalue weighted by Gasteiger charge is 2.23. The van der Waals surface area contributed by atoms with Crippen LogP contribution >= 0.6 is 0 Å². The Morgan fingerprint density at radius 1 is 1.33 bits per heavy atom. The van der Waals surface area contributed by atoms with E-state index in [1.807, 2.05) is 6.07 Å². The number of ether oxygens (including phenoxy) is 1. The minimum atomic E-state index is -0.388. The van der Waals surface area contributed by atoms with Crippen LogP contribution in [0.5, 0.6) is 0 Å². The van der Waals surface area contributed by atoms with Crippen molar-refractivity contribution in [2.45, 2.75) is 25.5 Å². The molecule has 8 heteroatoms. The Morgan fingerprint density at radius 3 is 2.96 bits per heavy atom. The third-order valence-corrected chi connectivity index (χ3v) is 4.20. The molecule has 0 amide bonds. The fourth-order valence-electron chi connectivity index (χ4n) is 3.03. The molecule has 0 aliphatic carbocycles. The highest BCUT2D eigenvalue weighted by Crippen LogP contribution is 2.34. The Bertz CT molecular complexity index is 887. The molecular weight excluding hydrogens is 310 g/mol. The number of aromatic nitrogens is 4. The summed E-state index contributed by atoms with van der Waals surface area (Å²) in [6, 6.07) is 5.12. The van der Waals surface area contributed by atoms with Crippen LogP contribution in [0.2, 0.25) is 0 Å². The SMILES string of the molecule is O=[N+]([O-])c1cc(-c2ccncn2)cc2c1cnn2C1CCCCO1. The molecule has 0 N–H and O–H groups in total. The summed E-state index contributed by atoms with van der Waals surface area (Å²) in [6.07, 6.45) is 7.32. The predicted octanol–water partition coefficient (Wildman–Crippen LogP) is 3.10. The first-order chi connectivity index (χ1) is 11.7. The fraction of sp³-hybridized carbons (Fsp3) is 0.312. The molecule has 1 aliphatic rings. The van der Waals surface area contributed by atoms with Crippen molar-refractivity contribution >= 4 is 16.6 Å². The van der Waals surface area contributed by atoms with Gasteiger partial charge in [0.05, 0.1) is 27.7 Å². The van der Waals surface area contributed by atoms with Crippen LogP contribution in [-0.4, -0.2) is 31.3 Å². The van der Waals surface area contributed by atoms with Crippen molar-refractivity contribution in [1.82, 2.24) is 19.7 Å². The maximum Gasteiger partial charge on any atom is 0.281 e. The molecule has 1 saturated heterocycles. The minimum Gasteiger partial charge on any atom is -0.356 e. The lowest BCUT2D eigenvalue weighted by Gasteiger charge is -2.23. The fourth-order valence-corrected chi connectivity index (χ4v) is 3.03. The van der Waals surface area contributed by atoms with Gasteiger partial charge in [0.1, 0.15) is 6.33 Å². The van der Waals surface area contributed by atoms with Gasteiger partial charge in [0.2, 0.25) is 0 Å². The van der Waals surface area contributed by atoms with Gasteiger partial charge in [0, 0.05) is 24.4 Å². The molecule has 1 atom stereocenters. The van der Waals surface area contributed by atoms with E-state index in [0.29, 0.717) is 28.8 Å². The molecule has 122 valence electrons. The van der Waals surface area contributed by atoms with Crippen molar-refractivity contribution in [1.29, 1.82) is 0 Å². The molecule has 1 fully saturated rings. The van der Waals surface area contributed by atoms with Crippen LogP contribution in [0.25, 0.3) is 22.2 Å². The highest BCUT2D eigenvalue weighted by atomic mass is 16.6. The van der Waals surface area contributed by atoms with Crippen LogP contribution in [0.1, 0.15) is 25.5 Å². The second kappa shape index (κ2) is 5.97. The standard InChI is InChI=1S/C16H15N5O3/c22-21(23)15-8-11(13-4-5-17-10-18-13)7-14-12(15)9-19-20(14)16-3-1-2-6-24-16/h4-5,7-10,16H,1-3,6H2. The van der Waals surface area contributed by atoms with Gasteiger partial charge < -0.3 is 4.74 Å². The number of benzene rings is 1. The van der Waals surface area contributed by atoms with Gasteiger partial charge in [0.25, 0.3) is 5.69 Å². The molecule has 0 spiro atoms. The van der Waals surface area contributed by atoms with E-state index < -0.39 is 0 Å². The summed E-state index contributed by atoms with van der Waals surface area (Å²) < 4.78 is 7.52. The van der Waals surface area contributed by atoms with E-state index in [9.17, 15) is 10.1 Å². The molecule has 0 radical (unpaired) electrons. The third kappa shape index (κ3) is 2.50. The number of nitro benzene ring substituents is 1. The summed E-state index contributed by atoms with van der Waals surface area (Å²) in [6.45, 7) is 0.680. The first-order valence-electron chi connectivity index (χ1n) is 7.77. The highest BCUT2D eigenvalue weighted by molar-refractivity contribution is 5.92. The zero-order valence-electron chi connectivity index (χ0n) is 12.8. The van der Waals surface area contributed by atoms with Crippen LogP contribution in [-0.2, 0) is 4.74 Å². The van der Waals surface area contributed by atoms with Crippen LogP contribution in [0, 0.1) is 10.1 Å². The van der Waals surface area contributed by atoms with E-state index in [1.165, 1.54) is 18.6 Å². The van der Waals surface area contributed by atoms with Crippen molar-refractivity contribution in [2.75, 3.05) is 6.61 Å². The van der Waals surface area contributed by atoms with Crippen molar-refractivity contribution in [3.63, 3.8) is 0 Å². The van der Waals surface area contributed by atoms with E-state index >= 15 is 0 Å². The second-order valence-corrected chi connectivity index (χ2v) is 5.69. The second-order valence-electron chi connectivity index (χ2n) is 5.69. The number of nitrogens with zero attached hydrogens (tertiary/aromatic N) is 5. The molecule has 0 saturated carbocycles. The van der Waals surface area contributed by atoms with Gasteiger partial charge in [-0.3, -0.25) is 10.1 Å². The zero-order valence-corrected chi connectivity index (χ0v) is 12.8. The summed E-state index contributed by atoms with van der Waals surface area (Å²) >= 11 is 0.